The van der Waals surface area contributed by atoms with Crippen LogP contribution >= 0.6 is 0 Å². The fourth-order valence-corrected chi connectivity index (χ4v) is 0.828. The number of rotatable bonds is 7. The molecule has 0 heterocycles. The first-order valence-electron chi connectivity index (χ1n) is 4.15. The van der Waals surface area contributed by atoms with Crippen LogP contribution in [0.2, 0.25) is 0 Å². The van der Waals surface area contributed by atoms with Crippen LogP contribution in [0.5, 0.6) is 0 Å². The first-order valence-corrected chi connectivity index (χ1v) is 4.15. The number of hydrogen-bond acceptors (Lipinski definition) is 3. The van der Waals surface area contributed by atoms with Gasteiger partial charge in [-0.15, -0.1) is 0 Å². The molecule has 0 radical (unpaired) electrons. The summed E-state index contributed by atoms with van der Waals surface area (Å²) in [5, 5.41) is 8.39. The second kappa shape index (κ2) is 10.3. The molecular formula is C8H19InO4. The van der Waals surface area contributed by atoms with E-state index in [9.17, 15) is 4.79 Å². The van der Waals surface area contributed by atoms with Gasteiger partial charge in [-0.05, 0) is 13.8 Å². The second-order valence-electron chi connectivity index (χ2n) is 2.27. The minimum atomic E-state index is -0.820. The third kappa shape index (κ3) is 10.2. The summed E-state index contributed by atoms with van der Waals surface area (Å²) in [7, 11) is 0. The maximum absolute atomic E-state index is 10.2. The summed E-state index contributed by atoms with van der Waals surface area (Å²) < 4.78 is 10.3. The summed E-state index contributed by atoms with van der Waals surface area (Å²) in [6, 6.07) is 0. The Morgan fingerprint density at radius 1 is 1.31 bits per heavy atom. The number of carboxylic acid groups (broad SMARTS) is 1. The Kier molecular flexibility index (Phi) is 12.5. The summed E-state index contributed by atoms with van der Waals surface area (Å²) in [6.45, 7) is 4.80. The summed E-state index contributed by atoms with van der Waals surface area (Å²) >= 11 is 0. The van der Waals surface area contributed by atoms with E-state index in [0.29, 0.717) is 19.6 Å². The number of carbonyl (C=O) groups is 1. The third-order valence-electron chi connectivity index (χ3n) is 1.30. The zero-order chi connectivity index (χ0) is 9.40. The Morgan fingerprint density at radius 3 is 2.08 bits per heavy atom. The molecule has 0 fully saturated rings. The van der Waals surface area contributed by atoms with Crippen molar-refractivity contribution < 1.29 is 19.4 Å². The predicted molar refractivity (Wildman–Crippen MR) is 53.8 cm³/mol. The third-order valence-corrected chi connectivity index (χ3v) is 1.30. The van der Waals surface area contributed by atoms with Crippen LogP contribution in [-0.4, -0.2) is 56.4 Å². The standard InChI is InChI=1S/C8H16O4.In.3H/c1-3-11-8(12-4-2)6-5-7(9)10;;;;/h8H,3-6H2,1-2H3,(H,9,10);;;;. The van der Waals surface area contributed by atoms with Gasteiger partial charge in [0, 0.05) is 19.6 Å². The van der Waals surface area contributed by atoms with Gasteiger partial charge in [-0.2, -0.15) is 0 Å². The molecule has 0 bridgehead atoms. The van der Waals surface area contributed by atoms with Gasteiger partial charge in [0.15, 0.2) is 6.29 Å². The minimum absolute atomic E-state index is 0. The molecule has 0 amide bonds. The van der Waals surface area contributed by atoms with Crippen LogP contribution < -0.4 is 0 Å². The maximum atomic E-state index is 10.2. The van der Waals surface area contributed by atoms with E-state index in [0.717, 1.165) is 0 Å². The molecule has 5 heteroatoms. The number of ether oxygens (including phenoxy) is 2. The Hall–Kier alpha value is 0.260. The molecule has 0 saturated heterocycles. The van der Waals surface area contributed by atoms with Gasteiger partial charge in [-0.25, -0.2) is 0 Å². The van der Waals surface area contributed by atoms with Gasteiger partial charge in [-0.1, -0.05) is 0 Å². The zero-order valence-electron chi connectivity index (χ0n) is 7.58. The summed E-state index contributed by atoms with van der Waals surface area (Å²) in [6.07, 6.45) is 0.137. The van der Waals surface area contributed by atoms with Crippen LogP contribution in [0.4, 0.5) is 0 Å². The van der Waals surface area contributed by atoms with Gasteiger partial charge >= 0.3 is 31.8 Å². The van der Waals surface area contributed by atoms with Crippen molar-refractivity contribution in [3.05, 3.63) is 0 Å². The molecule has 0 aliphatic rings. The summed E-state index contributed by atoms with van der Waals surface area (Å²) in [5.41, 5.74) is 0. The number of carboxylic acids is 1. The fourth-order valence-electron chi connectivity index (χ4n) is 0.828. The molecule has 0 aliphatic carbocycles. The van der Waals surface area contributed by atoms with Crippen molar-refractivity contribution in [2.75, 3.05) is 13.2 Å². The van der Waals surface area contributed by atoms with Crippen molar-refractivity contribution in [3.8, 4) is 0 Å². The van der Waals surface area contributed by atoms with Gasteiger partial charge in [0.05, 0.1) is 6.42 Å². The predicted octanol–water partition coefficient (Wildman–Crippen LogP) is 0.0664. The van der Waals surface area contributed by atoms with E-state index in [-0.39, 0.29) is 38.6 Å². The topological polar surface area (TPSA) is 55.8 Å². The van der Waals surface area contributed by atoms with Gasteiger partial charge in [0.2, 0.25) is 0 Å². The van der Waals surface area contributed by atoms with E-state index >= 15 is 0 Å². The van der Waals surface area contributed by atoms with Crippen molar-refractivity contribution in [2.24, 2.45) is 0 Å². The van der Waals surface area contributed by atoms with Gasteiger partial charge < -0.3 is 14.6 Å². The van der Waals surface area contributed by atoms with Crippen molar-refractivity contribution in [1.29, 1.82) is 0 Å². The van der Waals surface area contributed by atoms with E-state index in [1.54, 1.807) is 0 Å². The molecule has 0 aromatic heterocycles. The van der Waals surface area contributed by atoms with Gasteiger partial charge in [0.25, 0.3) is 0 Å². The average Bonchev–Trinajstić information content (AvgIpc) is 2.01. The average molecular weight is 294 g/mol. The van der Waals surface area contributed by atoms with Crippen LogP contribution in [0.1, 0.15) is 26.7 Å². The van der Waals surface area contributed by atoms with Gasteiger partial charge in [0.1, 0.15) is 0 Å². The first kappa shape index (κ1) is 15.7. The molecule has 4 nitrogen and oxygen atoms in total. The van der Waals surface area contributed by atoms with Crippen LogP contribution in [-0.2, 0) is 14.3 Å². The van der Waals surface area contributed by atoms with Crippen LogP contribution in [0.15, 0.2) is 0 Å². The van der Waals surface area contributed by atoms with Gasteiger partial charge in [-0.3, -0.25) is 4.79 Å². The first-order chi connectivity index (χ1) is 5.70. The number of aliphatic carboxylic acids is 1. The van der Waals surface area contributed by atoms with Crippen LogP contribution in [0, 0.1) is 0 Å². The van der Waals surface area contributed by atoms with Crippen molar-refractivity contribution in [3.63, 3.8) is 0 Å². The van der Waals surface area contributed by atoms with E-state index in [1.165, 1.54) is 0 Å². The van der Waals surface area contributed by atoms with Crippen LogP contribution in [0.25, 0.3) is 0 Å². The molecule has 0 unspecified atom stereocenters. The summed E-state index contributed by atoms with van der Waals surface area (Å²) in [5.74, 6) is -0.820. The zero-order valence-corrected chi connectivity index (χ0v) is 7.58. The Morgan fingerprint density at radius 2 is 1.77 bits per heavy atom. The molecule has 0 rings (SSSR count). The van der Waals surface area contributed by atoms with Crippen molar-refractivity contribution in [2.45, 2.75) is 33.0 Å². The molecule has 0 spiro atoms. The van der Waals surface area contributed by atoms with E-state index in [2.05, 4.69) is 0 Å². The second-order valence-corrected chi connectivity index (χ2v) is 2.27. The molecule has 0 aromatic rings. The van der Waals surface area contributed by atoms with E-state index in [1.807, 2.05) is 13.8 Å². The molecule has 0 aromatic carbocycles. The molecule has 0 atom stereocenters. The summed E-state index contributed by atoms with van der Waals surface area (Å²) in [4.78, 5) is 10.2. The van der Waals surface area contributed by atoms with Crippen molar-refractivity contribution in [1.82, 2.24) is 0 Å². The molecule has 13 heavy (non-hydrogen) atoms. The number of hydrogen-bond donors (Lipinski definition) is 1. The molecule has 1 N–H and O–H groups in total. The molecular weight excluding hydrogens is 275 g/mol. The quantitative estimate of drug-likeness (QED) is 0.675. The Labute approximate surface area is 97.4 Å². The monoisotopic (exact) mass is 294 g/mol. The molecule has 0 aliphatic heterocycles. The SMILES string of the molecule is CCOC(CCC(=O)O)OCC.[InH3]. The fraction of sp³-hybridized carbons (Fsp3) is 0.875. The normalized spacial score (nSPS) is 9.77. The Balaban J connectivity index is 0. The van der Waals surface area contributed by atoms with E-state index < -0.39 is 5.97 Å². The Bertz CT molecular complexity index is 123. The van der Waals surface area contributed by atoms with Crippen molar-refractivity contribution >= 4 is 31.8 Å². The van der Waals surface area contributed by atoms with Crippen LogP contribution in [0.3, 0.4) is 0 Å². The van der Waals surface area contributed by atoms with E-state index in [4.69, 9.17) is 14.6 Å². The molecule has 0 saturated carbocycles. The molecule has 78 valence electrons.